The number of hydrogen-bond acceptors (Lipinski definition) is 1. The van der Waals surface area contributed by atoms with E-state index in [0.29, 0.717) is 6.42 Å². The highest BCUT2D eigenvalue weighted by atomic mass is 16.3. The van der Waals surface area contributed by atoms with Gasteiger partial charge in [0.15, 0.2) is 0 Å². The second-order valence-corrected chi connectivity index (χ2v) is 5.94. The zero-order chi connectivity index (χ0) is 15.3. The first-order valence-corrected chi connectivity index (χ1v) is 7.91. The van der Waals surface area contributed by atoms with Crippen LogP contribution in [0.1, 0.15) is 43.4 Å². The summed E-state index contributed by atoms with van der Waals surface area (Å²) < 4.78 is 0. The molecule has 0 amide bonds. The molecule has 0 fully saturated rings. The van der Waals surface area contributed by atoms with Crippen LogP contribution in [0.5, 0.6) is 0 Å². The Bertz CT molecular complexity index is 555. The lowest BCUT2D eigenvalue weighted by molar-refractivity contribution is 0.0734. The zero-order valence-electron chi connectivity index (χ0n) is 13.3. The lowest BCUT2D eigenvalue weighted by atomic mass is 9.70. The van der Waals surface area contributed by atoms with Gasteiger partial charge in [-0.25, -0.2) is 0 Å². The van der Waals surface area contributed by atoms with E-state index in [-0.39, 0.29) is 11.5 Å². The Morgan fingerprint density at radius 3 is 2.19 bits per heavy atom. The third-order valence-electron chi connectivity index (χ3n) is 4.76. The van der Waals surface area contributed by atoms with E-state index in [1.165, 1.54) is 16.7 Å². The standard InChI is InChI=1S/C20H26O/c1-4-20(5-2,18-12-7-6-8-13-18)19(21)15-17-11-9-10-16(3)14-17/h6-14,19,21H,4-5,15H2,1-3H3. The Kier molecular flexibility index (Phi) is 5.19. The van der Waals surface area contributed by atoms with Crippen molar-refractivity contribution in [3.8, 4) is 0 Å². The van der Waals surface area contributed by atoms with Gasteiger partial charge in [0.2, 0.25) is 0 Å². The summed E-state index contributed by atoms with van der Waals surface area (Å²) in [5.41, 5.74) is 3.54. The highest BCUT2D eigenvalue weighted by molar-refractivity contribution is 5.29. The average molecular weight is 282 g/mol. The summed E-state index contributed by atoms with van der Waals surface area (Å²) in [5.74, 6) is 0. The maximum atomic E-state index is 11.0. The van der Waals surface area contributed by atoms with Gasteiger partial charge in [-0.3, -0.25) is 0 Å². The molecule has 1 N–H and O–H groups in total. The lowest BCUT2D eigenvalue weighted by Gasteiger charge is -2.37. The Morgan fingerprint density at radius 1 is 0.952 bits per heavy atom. The molecule has 0 aliphatic carbocycles. The number of hydrogen-bond donors (Lipinski definition) is 1. The Balaban J connectivity index is 2.29. The molecule has 0 saturated heterocycles. The number of benzene rings is 2. The van der Waals surface area contributed by atoms with Crippen molar-refractivity contribution in [2.75, 3.05) is 0 Å². The SMILES string of the molecule is CCC(CC)(c1ccccc1)C(O)Cc1cccc(C)c1. The molecule has 2 aromatic rings. The van der Waals surface area contributed by atoms with Gasteiger partial charge in [0, 0.05) is 5.41 Å². The van der Waals surface area contributed by atoms with Crippen molar-refractivity contribution < 1.29 is 5.11 Å². The molecule has 1 heteroatoms. The van der Waals surface area contributed by atoms with Crippen LogP contribution >= 0.6 is 0 Å². The van der Waals surface area contributed by atoms with Crippen LogP contribution in [0.3, 0.4) is 0 Å². The fourth-order valence-electron chi connectivity index (χ4n) is 3.35. The second-order valence-electron chi connectivity index (χ2n) is 5.94. The van der Waals surface area contributed by atoms with E-state index in [0.717, 1.165) is 12.8 Å². The molecule has 2 aromatic carbocycles. The molecule has 0 radical (unpaired) electrons. The molecular weight excluding hydrogens is 256 g/mol. The van der Waals surface area contributed by atoms with Crippen LogP contribution in [0.25, 0.3) is 0 Å². The molecule has 1 nitrogen and oxygen atoms in total. The first kappa shape index (κ1) is 15.8. The molecule has 0 saturated carbocycles. The fraction of sp³-hybridized carbons (Fsp3) is 0.400. The van der Waals surface area contributed by atoms with Crippen LogP contribution in [0.4, 0.5) is 0 Å². The predicted molar refractivity (Wildman–Crippen MR) is 89.6 cm³/mol. The molecule has 0 bridgehead atoms. The van der Waals surface area contributed by atoms with Gasteiger partial charge in [0.05, 0.1) is 6.10 Å². The van der Waals surface area contributed by atoms with E-state index in [4.69, 9.17) is 0 Å². The molecule has 1 atom stereocenters. The van der Waals surface area contributed by atoms with Crippen molar-refractivity contribution in [1.82, 2.24) is 0 Å². The van der Waals surface area contributed by atoms with Crippen molar-refractivity contribution in [2.45, 2.75) is 51.6 Å². The van der Waals surface area contributed by atoms with Crippen LogP contribution in [0.15, 0.2) is 54.6 Å². The molecule has 0 aliphatic heterocycles. The third-order valence-corrected chi connectivity index (χ3v) is 4.76. The van der Waals surface area contributed by atoms with Crippen molar-refractivity contribution >= 4 is 0 Å². The fourth-order valence-corrected chi connectivity index (χ4v) is 3.35. The smallest absolute Gasteiger partial charge is 0.0676 e. The number of aliphatic hydroxyl groups is 1. The minimum absolute atomic E-state index is 0.162. The molecule has 2 rings (SSSR count). The minimum Gasteiger partial charge on any atom is -0.392 e. The average Bonchev–Trinajstić information content (AvgIpc) is 2.50. The first-order chi connectivity index (χ1) is 10.1. The maximum Gasteiger partial charge on any atom is 0.0676 e. The zero-order valence-corrected chi connectivity index (χ0v) is 13.3. The molecule has 0 aliphatic rings. The monoisotopic (exact) mass is 282 g/mol. The molecular formula is C20H26O. The molecule has 0 aromatic heterocycles. The van der Waals surface area contributed by atoms with Crippen LogP contribution in [0.2, 0.25) is 0 Å². The summed E-state index contributed by atoms with van der Waals surface area (Å²) in [6, 6.07) is 18.9. The van der Waals surface area contributed by atoms with Crippen LogP contribution in [-0.2, 0) is 11.8 Å². The lowest BCUT2D eigenvalue weighted by Crippen LogP contribution is -2.40. The summed E-state index contributed by atoms with van der Waals surface area (Å²) >= 11 is 0. The van der Waals surface area contributed by atoms with E-state index in [1.54, 1.807) is 0 Å². The van der Waals surface area contributed by atoms with Gasteiger partial charge >= 0.3 is 0 Å². The summed E-state index contributed by atoms with van der Waals surface area (Å²) in [4.78, 5) is 0. The third kappa shape index (κ3) is 3.36. The van der Waals surface area contributed by atoms with Crippen molar-refractivity contribution in [1.29, 1.82) is 0 Å². The van der Waals surface area contributed by atoms with Gasteiger partial charge in [-0.1, -0.05) is 74.0 Å². The van der Waals surface area contributed by atoms with Gasteiger partial charge < -0.3 is 5.11 Å². The molecule has 0 spiro atoms. The van der Waals surface area contributed by atoms with E-state index in [1.807, 2.05) is 6.07 Å². The first-order valence-electron chi connectivity index (χ1n) is 7.91. The predicted octanol–water partition coefficient (Wildman–Crippen LogP) is 4.66. The summed E-state index contributed by atoms with van der Waals surface area (Å²) in [5, 5.41) is 11.0. The van der Waals surface area contributed by atoms with E-state index < -0.39 is 0 Å². The van der Waals surface area contributed by atoms with Gasteiger partial charge in [0.25, 0.3) is 0 Å². The van der Waals surface area contributed by atoms with E-state index in [9.17, 15) is 5.11 Å². The Hall–Kier alpha value is -1.60. The van der Waals surface area contributed by atoms with E-state index in [2.05, 4.69) is 69.3 Å². The number of rotatable bonds is 6. The normalized spacial score (nSPS) is 13.1. The molecule has 0 heterocycles. The van der Waals surface area contributed by atoms with E-state index >= 15 is 0 Å². The van der Waals surface area contributed by atoms with Crippen LogP contribution in [-0.4, -0.2) is 11.2 Å². The van der Waals surface area contributed by atoms with Crippen molar-refractivity contribution in [2.24, 2.45) is 0 Å². The summed E-state index contributed by atoms with van der Waals surface area (Å²) in [6.45, 7) is 6.45. The minimum atomic E-state index is -0.364. The number of aryl methyl sites for hydroxylation is 1. The Morgan fingerprint density at radius 2 is 1.62 bits per heavy atom. The largest absolute Gasteiger partial charge is 0.392 e. The molecule has 112 valence electrons. The maximum absolute atomic E-state index is 11.0. The summed E-state index contributed by atoms with van der Waals surface area (Å²) in [6.07, 6.45) is 2.23. The summed E-state index contributed by atoms with van der Waals surface area (Å²) in [7, 11) is 0. The number of aliphatic hydroxyl groups excluding tert-OH is 1. The second kappa shape index (κ2) is 6.91. The quantitative estimate of drug-likeness (QED) is 0.817. The van der Waals surface area contributed by atoms with Crippen molar-refractivity contribution in [3.05, 3.63) is 71.3 Å². The highest BCUT2D eigenvalue weighted by Crippen LogP contribution is 2.36. The van der Waals surface area contributed by atoms with Gasteiger partial charge in [-0.15, -0.1) is 0 Å². The molecule has 21 heavy (non-hydrogen) atoms. The van der Waals surface area contributed by atoms with Crippen LogP contribution in [0, 0.1) is 6.92 Å². The van der Waals surface area contributed by atoms with Crippen molar-refractivity contribution in [3.63, 3.8) is 0 Å². The topological polar surface area (TPSA) is 20.2 Å². The van der Waals surface area contributed by atoms with Crippen LogP contribution < -0.4 is 0 Å². The highest BCUT2D eigenvalue weighted by Gasteiger charge is 2.36. The molecule has 1 unspecified atom stereocenters. The Labute approximate surface area is 128 Å². The van der Waals surface area contributed by atoms with Gasteiger partial charge in [-0.05, 0) is 37.3 Å². The van der Waals surface area contributed by atoms with Gasteiger partial charge in [-0.2, -0.15) is 0 Å². The van der Waals surface area contributed by atoms with Gasteiger partial charge in [0.1, 0.15) is 0 Å².